The number of carbonyl (C=O) groups is 1. The van der Waals surface area contributed by atoms with Gasteiger partial charge in [0, 0.05) is 5.56 Å². The van der Waals surface area contributed by atoms with Gasteiger partial charge in [0.15, 0.2) is 0 Å². The number of esters is 1. The van der Waals surface area contributed by atoms with Crippen molar-refractivity contribution >= 4 is 21.6 Å². The maximum atomic E-state index is 12.3. The summed E-state index contributed by atoms with van der Waals surface area (Å²) >= 11 is 0. The van der Waals surface area contributed by atoms with Crippen molar-refractivity contribution in [2.24, 2.45) is 0 Å². The van der Waals surface area contributed by atoms with E-state index in [4.69, 9.17) is 23.6 Å². The molecule has 2 atom stereocenters. The van der Waals surface area contributed by atoms with E-state index in [0.29, 0.717) is 11.3 Å². The Hall–Kier alpha value is -3.13. The summed E-state index contributed by atoms with van der Waals surface area (Å²) in [6.07, 6.45) is 0. The highest BCUT2D eigenvalue weighted by Gasteiger charge is 2.34. The molecule has 3 aromatic rings. The molecular formula is C20H16O10P2. The summed E-state index contributed by atoms with van der Waals surface area (Å²) in [7, 11) is -9.31. The van der Waals surface area contributed by atoms with Crippen LogP contribution in [0.15, 0.2) is 72.8 Å². The highest BCUT2D eigenvalue weighted by atomic mass is 31.2. The van der Waals surface area contributed by atoms with Crippen molar-refractivity contribution in [3.05, 3.63) is 83.9 Å². The van der Waals surface area contributed by atoms with Gasteiger partial charge in [0.2, 0.25) is 0 Å². The predicted octanol–water partition coefficient (Wildman–Crippen LogP) is 3.77. The summed E-state index contributed by atoms with van der Waals surface area (Å²) in [4.78, 5) is 39.8. The van der Waals surface area contributed by atoms with Gasteiger partial charge in [0.1, 0.15) is 28.9 Å². The zero-order valence-corrected chi connectivity index (χ0v) is 17.9. The summed E-state index contributed by atoms with van der Waals surface area (Å²) in [5.41, 5.74) is 1.36. The van der Waals surface area contributed by atoms with Gasteiger partial charge in [-0.3, -0.25) is 19.5 Å². The second kappa shape index (κ2) is 8.43. The molecule has 1 aliphatic heterocycles. The number of phosphoric acid groups is 2. The minimum absolute atomic E-state index is 0.0284. The summed E-state index contributed by atoms with van der Waals surface area (Å²) < 4.78 is 42.8. The third-order valence-electron chi connectivity index (χ3n) is 4.38. The fourth-order valence-corrected chi connectivity index (χ4v) is 4.34. The van der Waals surface area contributed by atoms with Crippen molar-refractivity contribution in [3.63, 3.8) is 0 Å². The van der Waals surface area contributed by atoms with Crippen LogP contribution in [0.4, 0.5) is 0 Å². The Kier molecular flexibility index (Phi) is 5.81. The largest absolute Gasteiger partial charge is 0.584 e. The van der Waals surface area contributed by atoms with Crippen LogP contribution >= 0.6 is 15.6 Å². The molecule has 0 radical (unpaired) electrons. The Balaban J connectivity index is 1.43. The lowest BCUT2D eigenvalue weighted by atomic mass is 9.93. The van der Waals surface area contributed by atoms with Crippen molar-refractivity contribution in [2.45, 2.75) is 5.92 Å². The number of hydrogen-bond acceptors (Lipinski definition) is 7. The highest BCUT2D eigenvalue weighted by molar-refractivity contribution is 7.48. The molecule has 0 fully saturated rings. The van der Waals surface area contributed by atoms with E-state index in [1.54, 1.807) is 36.4 Å². The number of carbonyl (C=O) groups excluding carboxylic acids is 1. The third-order valence-corrected chi connectivity index (χ3v) is 5.71. The zero-order valence-electron chi connectivity index (χ0n) is 16.1. The number of fused-ring (bicyclic) bond motifs is 1. The molecule has 3 N–H and O–H groups in total. The molecule has 10 nitrogen and oxygen atoms in total. The number of hydrogen-bond donors (Lipinski definition) is 3. The number of ether oxygens (including phenoxy) is 1. The molecule has 0 spiro atoms. The molecule has 0 aliphatic carbocycles. The van der Waals surface area contributed by atoms with Crippen molar-refractivity contribution in [1.29, 1.82) is 0 Å². The maximum absolute atomic E-state index is 12.3. The fourth-order valence-electron chi connectivity index (χ4n) is 3.13. The Morgan fingerprint density at radius 2 is 1.22 bits per heavy atom. The van der Waals surface area contributed by atoms with Gasteiger partial charge in [0.25, 0.3) is 0 Å². The molecule has 1 heterocycles. The lowest BCUT2D eigenvalue weighted by Crippen LogP contribution is -2.11. The Morgan fingerprint density at radius 1 is 0.719 bits per heavy atom. The second-order valence-electron chi connectivity index (χ2n) is 6.67. The molecule has 12 heteroatoms. The minimum atomic E-state index is -4.72. The average Bonchev–Trinajstić information content (AvgIpc) is 3.04. The van der Waals surface area contributed by atoms with E-state index in [1.807, 2.05) is 0 Å². The molecule has 166 valence electrons. The van der Waals surface area contributed by atoms with Crippen LogP contribution in [-0.4, -0.2) is 20.6 Å². The SMILES string of the molecule is O=C1Oc2ccccc2C1c1ccc(OP(=O)(O)Oc2ccc(OP(=O)(O)O)cc2)cc1. The van der Waals surface area contributed by atoms with Crippen molar-refractivity contribution in [3.8, 4) is 23.0 Å². The smallest absolute Gasteiger partial charge is 0.425 e. The van der Waals surface area contributed by atoms with Crippen LogP contribution in [0.5, 0.6) is 23.0 Å². The third kappa shape index (κ3) is 5.19. The Bertz CT molecular complexity index is 1230. The summed E-state index contributed by atoms with van der Waals surface area (Å²) in [6.45, 7) is 0. The van der Waals surface area contributed by atoms with Gasteiger partial charge in [-0.05, 0) is 48.0 Å². The number of rotatable bonds is 7. The fraction of sp³-hybridized carbons (Fsp3) is 0.0500. The van der Waals surface area contributed by atoms with E-state index < -0.39 is 27.5 Å². The standard InChI is InChI=1S/C20H16O10P2/c21-20-19(17-3-1-2-4-18(17)27-20)13-5-7-15(8-6-13)29-32(25,26)30-16-11-9-14(10-12-16)28-31(22,23)24/h1-12,19H,(H,25,26)(H2,22,23,24). The van der Waals surface area contributed by atoms with E-state index in [1.165, 1.54) is 24.3 Å². The molecule has 3 aromatic carbocycles. The van der Waals surface area contributed by atoms with Gasteiger partial charge in [-0.15, -0.1) is 0 Å². The normalized spacial score (nSPS) is 17.1. The summed E-state index contributed by atoms with van der Waals surface area (Å²) in [5, 5.41) is 0. The van der Waals surface area contributed by atoms with Crippen LogP contribution in [0, 0.1) is 0 Å². The summed E-state index contributed by atoms with van der Waals surface area (Å²) in [5.74, 6) is -0.736. The predicted molar refractivity (Wildman–Crippen MR) is 111 cm³/mol. The van der Waals surface area contributed by atoms with Crippen LogP contribution in [0.3, 0.4) is 0 Å². The first-order valence-corrected chi connectivity index (χ1v) is 12.1. The van der Waals surface area contributed by atoms with E-state index in [-0.39, 0.29) is 17.2 Å². The lowest BCUT2D eigenvalue weighted by molar-refractivity contribution is -0.133. The van der Waals surface area contributed by atoms with Crippen molar-refractivity contribution in [1.82, 2.24) is 0 Å². The van der Waals surface area contributed by atoms with Crippen LogP contribution in [0.25, 0.3) is 0 Å². The molecule has 4 rings (SSSR count). The first-order valence-electron chi connectivity index (χ1n) is 9.07. The second-order valence-corrected chi connectivity index (χ2v) is 9.13. The Morgan fingerprint density at radius 3 is 1.78 bits per heavy atom. The Labute approximate surface area is 181 Å². The van der Waals surface area contributed by atoms with Crippen LogP contribution < -0.4 is 18.3 Å². The van der Waals surface area contributed by atoms with Gasteiger partial charge in [-0.2, -0.15) is 0 Å². The number of phosphoric ester groups is 2. The monoisotopic (exact) mass is 478 g/mol. The minimum Gasteiger partial charge on any atom is -0.425 e. The maximum Gasteiger partial charge on any atom is 0.584 e. The van der Waals surface area contributed by atoms with Gasteiger partial charge < -0.3 is 18.3 Å². The van der Waals surface area contributed by atoms with Crippen LogP contribution in [0.2, 0.25) is 0 Å². The van der Waals surface area contributed by atoms with Crippen LogP contribution in [-0.2, 0) is 13.9 Å². The van der Waals surface area contributed by atoms with Crippen molar-refractivity contribution < 1.29 is 46.9 Å². The number of para-hydroxylation sites is 1. The molecule has 1 aliphatic rings. The molecule has 0 saturated carbocycles. The molecule has 0 saturated heterocycles. The molecule has 0 aromatic heterocycles. The van der Waals surface area contributed by atoms with Crippen LogP contribution in [0.1, 0.15) is 17.0 Å². The van der Waals surface area contributed by atoms with Crippen molar-refractivity contribution in [2.75, 3.05) is 0 Å². The molecule has 0 amide bonds. The zero-order chi connectivity index (χ0) is 22.9. The molecule has 0 bridgehead atoms. The highest BCUT2D eigenvalue weighted by Crippen LogP contribution is 2.46. The van der Waals surface area contributed by atoms with E-state index >= 15 is 0 Å². The van der Waals surface area contributed by atoms with Gasteiger partial charge in [-0.25, -0.2) is 9.13 Å². The quantitative estimate of drug-likeness (QED) is 0.260. The van der Waals surface area contributed by atoms with Gasteiger partial charge >= 0.3 is 21.6 Å². The van der Waals surface area contributed by atoms with E-state index in [0.717, 1.165) is 17.7 Å². The first kappa shape index (κ1) is 22.1. The lowest BCUT2D eigenvalue weighted by Gasteiger charge is -2.15. The summed E-state index contributed by atoms with van der Waals surface area (Å²) in [6, 6.07) is 17.7. The molecule has 32 heavy (non-hydrogen) atoms. The topological polar surface area (TPSA) is 149 Å². The molecular weight excluding hydrogens is 462 g/mol. The van der Waals surface area contributed by atoms with E-state index in [9.17, 15) is 18.8 Å². The van der Waals surface area contributed by atoms with E-state index in [2.05, 4.69) is 4.52 Å². The molecule has 2 unspecified atom stereocenters. The average molecular weight is 478 g/mol. The first-order chi connectivity index (χ1) is 15.1. The van der Waals surface area contributed by atoms with Gasteiger partial charge in [0.05, 0.1) is 0 Å². The number of benzene rings is 3. The van der Waals surface area contributed by atoms with Gasteiger partial charge in [-0.1, -0.05) is 30.3 Å².